The van der Waals surface area contributed by atoms with Gasteiger partial charge in [-0.25, -0.2) is 9.36 Å². The second-order valence-corrected chi connectivity index (χ2v) is 2.14. The number of carbonyl (C=O) groups is 1. The van der Waals surface area contributed by atoms with E-state index in [1.807, 2.05) is 0 Å². The summed E-state index contributed by atoms with van der Waals surface area (Å²) in [4.78, 5) is 10.4. The van der Waals surface area contributed by atoms with Crippen LogP contribution in [0.4, 0.5) is 0 Å². The highest BCUT2D eigenvalue weighted by Crippen LogP contribution is 1.92. The van der Waals surface area contributed by atoms with Gasteiger partial charge in [-0.2, -0.15) is 0 Å². The van der Waals surface area contributed by atoms with Crippen LogP contribution >= 0.6 is 0 Å². The number of hydrogen-bond acceptors (Lipinski definition) is 1. The minimum atomic E-state index is -0.909. The highest BCUT2D eigenvalue weighted by molar-refractivity contribution is 5.86. The van der Waals surface area contributed by atoms with Crippen LogP contribution in [0.15, 0.2) is 24.5 Å². The molecule has 0 fully saturated rings. The molecule has 0 aliphatic rings. The predicted octanol–water partition coefficient (Wildman–Crippen LogP) is 0.506. The molecule has 57 valence electrons. The maximum Gasteiger partial charge on any atom is 0.341 e. The van der Waals surface area contributed by atoms with Crippen molar-refractivity contribution in [1.29, 1.82) is 0 Å². The molecule has 0 aromatic carbocycles. The smallest absolute Gasteiger partial charge is 0.341 e. The van der Waals surface area contributed by atoms with Gasteiger partial charge in [0.2, 0.25) is 0 Å². The van der Waals surface area contributed by atoms with E-state index >= 15 is 0 Å². The molecule has 0 atom stereocenters. The second-order valence-electron chi connectivity index (χ2n) is 2.14. The SMILES string of the molecule is [CH2]C[n+]1cccc(C(=O)O)c1. The van der Waals surface area contributed by atoms with E-state index in [9.17, 15) is 4.79 Å². The van der Waals surface area contributed by atoms with Crippen LogP contribution in [0.25, 0.3) is 0 Å². The monoisotopic (exact) mass is 151 g/mol. The van der Waals surface area contributed by atoms with Crippen LogP contribution < -0.4 is 4.57 Å². The van der Waals surface area contributed by atoms with E-state index in [0.717, 1.165) is 0 Å². The lowest BCUT2D eigenvalue weighted by atomic mass is 10.3. The lowest BCUT2D eigenvalue weighted by molar-refractivity contribution is -0.688. The second kappa shape index (κ2) is 3.14. The highest BCUT2D eigenvalue weighted by Gasteiger charge is 2.06. The molecular formula is C8H9NO2+. The number of hydrogen-bond donors (Lipinski definition) is 1. The molecule has 0 aliphatic heterocycles. The minimum absolute atomic E-state index is 0.288. The van der Waals surface area contributed by atoms with E-state index in [0.29, 0.717) is 6.54 Å². The zero-order valence-corrected chi connectivity index (χ0v) is 6.03. The fourth-order valence-electron chi connectivity index (χ4n) is 0.788. The van der Waals surface area contributed by atoms with E-state index in [-0.39, 0.29) is 5.56 Å². The Morgan fingerprint density at radius 3 is 3.00 bits per heavy atom. The molecule has 11 heavy (non-hydrogen) atoms. The average Bonchev–Trinajstić information content (AvgIpc) is 2.05. The fraction of sp³-hybridized carbons (Fsp3) is 0.125. The predicted molar refractivity (Wildman–Crippen MR) is 39.0 cm³/mol. The molecule has 1 radical (unpaired) electrons. The summed E-state index contributed by atoms with van der Waals surface area (Å²) in [6, 6.07) is 3.24. The van der Waals surface area contributed by atoms with Crippen LogP contribution in [0.5, 0.6) is 0 Å². The Morgan fingerprint density at radius 1 is 1.73 bits per heavy atom. The summed E-state index contributed by atoms with van der Waals surface area (Å²) in [5, 5.41) is 8.57. The van der Waals surface area contributed by atoms with Crippen molar-refractivity contribution in [1.82, 2.24) is 0 Å². The first-order valence-electron chi connectivity index (χ1n) is 3.25. The van der Waals surface area contributed by atoms with Gasteiger partial charge in [-0.3, -0.25) is 0 Å². The molecule has 0 amide bonds. The van der Waals surface area contributed by atoms with Crippen molar-refractivity contribution in [2.24, 2.45) is 0 Å². The van der Waals surface area contributed by atoms with Gasteiger partial charge < -0.3 is 5.11 Å². The first kappa shape index (κ1) is 7.72. The maximum atomic E-state index is 10.4. The van der Waals surface area contributed by atoms with Crippen molar-refractivity contribution >= 4 is 5.97 Å². The average molecular weight is 151 g/mol. The summed E-state index contributed by atoms with van der Waals surface area (Å²) in [7, 11) is 0. The van der Waals surface area contributed by atoms with Gasteiger partial charge in [0.05, 0.1) is 0 Å². The Labute approximate surface area is 64.9 Å². The van der Waals surface area contributed by atoms with Crippen LogP contribution in [-0.4, -0.2) is 11.1 Å². The maximum absolute atomic E-state index is 10.4. The largest absolute Gasteiger partial charge is 0.477 e. The topological polar surface area (TPSA) is 41.2 Å². The van der Waals surface area contributed by atoms with Crippen LogP contribution in [0.3, 0.4) is 0 Å². The molecule has 1 aromatic rings. The lowest BCUT2D eigenvalue weighted by Gasteiger charge is -1.92. The number of rotatable bonds is 2. The summed E-state index contributed by atoms with van der Waals surface area (Å²) in [5.41, 5.74) is 0.288. The molecule has 3 nitrogen and oxygen atoms in total. The summed E-state index contributed by atoms with van der Waals surface area (Å²) in [6.07, 6.45) is 3.33. The Morgan fingerprint density at radius 2 is 2.45 bits per heavy atom. The molecule has 0 aliphatic carbocycles. The zero-order valence-electron chi connectivity index (χ0n) is 6.03. The molecule has 0 spiro atoms. The lowest BCUT2D eigenvalue weighted by Crippen LogP contribution is -2.32. The van der Waals surface area contributed by atoms with Gasteiger partial charge >= 0.3 is 5.97 Å². The van der Waals surface area contributed by atoms with Crippen molar-refractivity contribution in [3.05, 3.63) is 37.0 Å². The molecule has 1 rings (SSSR count). The molecule has 0 bridgehead atoms. The third kappa shape index (κ3) is 1.77. The van der Waals surface area contributed by atoms with Crippen molar-refractivity contribution in [3.63, 3.8) is 0 Å². The van der Waals surface area contributed by atoms with Crippen molar-refractivity contribution in [2.45, 2.75) is 6.54 Å². The molecule has 1 heterocycles. The Hall–Kier alpha value is -1.38. The van der Waals surface area contributed by atoms with E-state index in [1.165, 1.54) is 0 Å². The quantitative estimate of drug-likeness (QED) is 0.625. The highest BCUT2D eigenvalue weighted by atomic mass is 16.4. The zero-order chi connectivity index (χ0) is 8.27. The van der Waals surface area contributed by atoms with Gasteiger partial charge in [-0.05, 0) is 6.07 Å². The molecule has 1 N–H and O–H groups in total. The van der Waals surface area contributed by atoms with Gasteiger partial charge in [0.25, 0.3) is 0 Å². The normalized spacial score (nSPS) is 9.55. The van der Waals surface area contributed by atoms with E-state index in [2.05, 4.69) is 6.92 Å². The van der Waals surface area contributed by atoms with Crippen molar-refractivity contribution in [3.8, 4) is 0 Å². The third-order valence-electron chi connectivity index (χ3n) is 1.36. The van der Waals surface area contributed by atoms with Crippen molar-refractivity contribution < 1.29 is 14.5 Å². The van der Waals surface area contributed by atoms with E-state index < -0.39 is 5.97 Å². The van der Waals surface area contributed by atoms with Crippen LogP contribution in [0.2, 0.25) is 0 Å². The summed E-state index contributed by atoms with van der Waals surface area (Å²) in [6.45, 7) is 4.17. The molecule has 0 unspecified atom stereocenters. The van der Waals surface area contributed by atoms with Crippen LogP contribution in [0, 0.1) is 6.92 Å². The van der Waals surface area contributed by atoms with Gasteiger partial charge in [0, 0.05) is 13.0 Å². The minimum Gasteiger partial charge on any atom is -0.477 e. The molecule has 1 aromatic heterocycles. The number of pyridine rings is 1. The number of aromatic nitrogens is 1. The summed E-state index contributed by atoms with van der Waals surface area (Å²) >= 11 is 0. The van der Waals surface area contributed by atoms with Gasteiger partial charge in [0.15, 0.2) is 12.4 Å². The number of nitrogens with zero attached hydrogens (tertiary/aromatic N) is 1. The van der Waals surface area contributed by atoms with Gasteiger partial charge in [-0.1, -0.05) is 0 Å². The third-order valence-corrected chi connectivity index (χ3v) is 1.36. The first-order chi connectivity index (χ1) is 5.24. The molecular weight excluding hydrogens is 142 g/mol. The summed E-state index contributed by atoms with van der Waals surface area (Å²) < 4.78 is 1.71. The van der Waals surface area contributed by atoms with E-state index in [1.54, 1.807) is 29.1 Å². The Balaban J connectivity index is 3.01. The molecule has 0 saturated heterocycles. The van der Waals surface area contributed by atoms with Crippen LogP contribution in [-0.2, 0) is 6.54 Å². The number of carboxylic acid groups (broad SMARTS) is 1. The van der Waals surface area contributed by atoms with E-state index in [4.69, 9.17) is 5.11 Å². The Kier molecular flexibility index (Phi) is 2.21. The van der Waals surface area contributed by atoms with Crippen molar-refractivity contribution in [2.75, 3.05) is 0 Å². The molecule has 3 heteroatoms. The van der Waals surface area contributed by atoms with Gasteiger partial charge in [0.1, 0.15) is 12.1 Å². The van der Waals surface area contributed by atoms with Crippen LogP contribution in [0.1, 0.15) is 10.4 Å². The first-order valence-corrected chi connectivity index (χ1v) is 3.25. The number of aromatic carboxylic acids is 1. The summed E-state index contributed by atoms with van der Waals surface area (Å²) in [5.74, 6) is -0.909. The number of carboxylic acids is 1. The fourth-order valence-corrected chi connectivity index (χ4v) is 0.788. The Bertz CT molecular complexity index is 271. The molecule has 0 saturated carbocycles. The van der Waals surface area contributed by atoms with Gasteiger partial charge in [-0.15, -0.1) is 0 Å². The standard InChI is InChI=1S/C8H8NO2/c1-2-9-5-3-4-7(6-9)8(10)11/h3-6H,1-2H2/p+1.